The van der Waals surface area contributed by atoms with E-state index in [1.165, 1.54) is 6.08 Å². The minimum Gasteiger partial charge on any atom is -0.444 e. The number of amides is 1. The van der Waals surface area contributed by atoms with Crippen LogP contribution in [0, 0.1) is 11.3 Å². The van der Waals surface area contributed by atoms with E-state index in [1.807, 2.05) is 31.7 Å². The van der Waals surface area contributed by atoms with Crippen LogP contribution in [-0.2, 0) is 4.74 Å². The van der Waals surface area contributed by atoms with Gasteiger partial charge >= 0.3 is 6.09 Å². The molecule has 1 saturated heterocycles. The van der Waals surface area contributed by atoms with Crippen LogP contribution >= 0.6 is 0 Å². The number of hydrogen-bond acceptors (Lipinski definition) is 5. The lowest BCUT2D eigenvalue weighted by Gasteiger charge is -2.41. The van der Waals surface area contributed by atoms with Gasteiger partial charge in [-0.05, 0) is 26.8 Å². The lowest BCUT2D eigenvalue weighted by atomic mass is 10.1. The summed E-state index contributed by atoms with van der Waals surface area (Å²) in [6.45, 7) is 7.91. The highest BCUT2D eigenvalue weighted by molar-refractivity contribution is 5.68. The van der Waals surface area contributed by atoms with Gasteiger partial charge in [0.1, 0.15) is 11.4 Å². The largest absolute Gasteiger partial charge is 0.444 e. The highest BCUT2D eigenvalue weighted by atomic mass is 19.1. The second-order valence-electron chi connectivity index (χ2n) is 6.76. The maximum atomic E-state index is 14.3. The molecule has 0 saturated carbocycles. The number of halogens is 1. The molecule has 0 aromatic rings. The maximum absolute atomic E-state index is 14.3. The van der Waals surface area contributed by atoms with Crippen LogP contribution in [0.3, 0.4) is 0 Å². The molecule has 1 amide bonds. The number of nitriles is 1. The first-order valence-electron chi connectivity index (χ1n) is 7.66. The lowest BCUT2D eigenvalue weighted by molar-refractivity contribution is 0.0148. The number of carbonyl (C=O) groups is 1. The molecule has 0 aromatic heterocycles. The van der Waals surface area contributed by atoms with E-state index in [9.17, 15) is 9.18 Å². The number of carbonyl (C=O) groups excluding carboxylic acids is 1. The third-order valence-electron chi connectivity index (χ3n) is 3.66. The summed E-state index contributed by atoms with van der Waals surface area (Å²) in [5, 5.41) is 8.91. The van der Waals surface area contributed by atoms with Gasteiger partial charge in [-0.15, -0.1) is 0 Å². The summed E-state index contributed by atoms with van der Waals surface area (Å²) in [5.74, 6) is 0.0776. The number of nitrogens with zero attached hydrogens (tertiary/aromatic N) is 4. The summed E-state index contributed by atoms with van der Waals surface area (Å²) in [7, 11) is 1.76. The van der Waals surface area contributed by atoms with Crippen LogP contribution in [0.4, 0.5) is 9.18 Å². The molecule has 0 unspecified atom stereocenters. The van der Waals surface area contributed by atoms with E-state index in [0.29, 0.717) is 44.1 Å². The SMILES string of the molecule is CN1CC(C#N)=CC(F)=C1N1CCN(C(=O)OC(C)(C)C)CC1. The van der Waals surface area contributed by atoms with Crippen LogP contribution in [0.2, 0.25) is 0 Å². The molecule has 0 aliphatic carbocycles. The molecule has 7 heteroatoms. The third kappa shape index (κ3) is 4.15. The Balaban J connectivity index is 2.01. The first kappa shape index (κ1) is 17.1. The summed E-state index contributed by atoms with van der Waals surface area (Å²) in [6, 6.07) is 1.99. The van der Waals surface area contributed by atoms with Crippen molar-refractivity contribution in [2.75, 3.05) is 39.8 Å². The molecule has 0 spiro atoms. The average molecular weight is 322 g/mol. The Labute approximate surface area is 136 Å². The normalized spacial score (nSPS) is 19.5. The predicted octanol–water partition coefficient (Wildman–Crippen LogP) is 2.07. The number of likely N-dealkylation sites (N-methyl/N-ethyl adjacent to an activating group) is 1. The Hall–Kier alpha value is -2.23. The number of rotatable bonds is 1. The molecule has 2 rings (SSSR count). The number of ether oxygens (including phenoxy) is 1. The molecule has 0 bridgehead atoms. The molecule has 2 aliphatic rings. The first-order chi connectivity index (χ1) is 10.7. The van der Waals surface area contributed by atoms with Crippen molar-refractivity contribution in [2.45, 2.75) is 26.4 Å². The van der Waals surface area contributed by atoms with Crippen LogP contribution in [0.1, 0.15) is 20.8 Å². The minimum absolute atomic E-state index is 0.338. The molecule has 2 aliphatic heterocycles. The molecule has 0 aromatic carbocycles. The Morgan fingerprint density at radius 1 is 1.30 bits per heavy atom. The van der Waals surface area contributed by atoms with E-state index in [-0.39, 0.29) is 6.09 Å². The Kier molecular flexibility index (Phi) is 4.83. The number of piperazine rings is 1. The third-order valence-corrected chi connectivity index (χ3v) is 3.66. The average Bonchev–Trinajstić information content (AvgIpc) is 2.45. The standard InChI is InChI=1S/C16H23FN4O2/c1-16(2,3)23-15(22)21-7-5-20(6-8-21)14-13(17)9-12(10-18)11-19(14)4/h9H,5-8,11H2,1-4H3. The smallest absolute Gasteiger partial charge is 0.410 e. The van der Waals surface area contributed by atoms with Crippen molar-refractivity contribution in [3.05, 3.63) is 23.3 Å². The van der Waals surface area contributed by atoms with Crippen LogP contribution < -0.4 is 0 Å². The summed E-state index contributed by atoms with van der Waals surface area (Å²) in [5.41, 5.74) is -0.119. The molecule has 0 N–H and O–H groups in total. The minimum atomic E-state index is -0.523. The maximum Gasteiger partial charge on any atom is 0.410 e. The first-order valence-corrected chi connectivity index (χ1v) is 7.66. The van der Waals surface area contributed by atoms with Crippen LogP contribution in [0.5, 0.6) is 0 Å². The Morgan fingerprint density at radius 3 is 2.39 bits per heavy atom. The van der Waals surface area contributed by atoms with Gasteiger partial charge in [-0.1, -0.05) is 0 Å². The molecule has 2 heterocycles. The zero-order chi connectivity index (χ0) is 17.2. The van der Waals surface area contributed by atoms with Crippen molar-refractivity contribution in [1.82, 2.24) is 14.7 Å². The number of hydrogen-bond donors (Lipinski definition) is 0. The van der Waals surface area contributed by atoms with Crippen molar-refractivity contribution in [3.63, 3.8) is 0 Å². The predicted molar refractivity (Wildman–Crippen MR) is 83.8 cm³/mol. The van der Waals surface area contributed by atoms with Gasteiger partial charge in [0.05, 0.1) is 18.2 Å². The van der Waals surface area contributed by atoms with E-state index in [2.05, 4.69) is 0 Å². The second kappa shape index (κ2) is 6.49. The highest BCUT2D eigenvalue weighted by Gasteiger charge is 2.30. The van der Waals surface area contributed by atoms with Gasteiger partial charge in [0.15, 0.2) is 5.83 Å². The van der Waals surface area contributed by atoms with Crippen molar-refractivity contribution < 1.29 is 13.9 Å². The quantitative estimate of drug-likeness (QED) is 0.740. The topological polar surface area (TPSA) is 59.8 Å². The van der Waals surface area contributed by atoms with E-state index in [0.717, 1.165) is 0 Å². The van der Waals surface area contributed by atoms with Gasteiger partial charge in [0, 0.05) is 33.2 Å². The van der Waals surface area contributed by atoms with Crippen molar-refractivity contribution in [2.24, 2.45) is 0 Å². The number of allylic oxidation sites excluding steroid dienone is 2. The molecule has 0 atom stereocenters. The molecular weight excluding hydrogens is 299 g/mol. The van der Waals surface area contributed by atoms with E-state index >= 15 is 0 Å². The fraction of sp³-hybridized carbons (Fsp3) is 0.625. The van der Waals surface area contributed by atoms with Gasteiger partial charge in [-0.25, -0.2) is 9.18 Å². The summed E-state index contributed by atoms with van der Waals surface area (Å²) in [6.07, 6.45) is 0.950. The van der Waals surface area contributed by atoms with Gasteiger partial charge in [-0.2, -0.15) is 5.26 Å². The monoisotopic (exact) mass is 322 g/mol. The Bertz CT molecular complexity index is 578. The molecule has 126 valence electrons. The van der Waals surface area contributed by atoms with Gasteiger partial charge in [0.2, 0.25) is 0 Å². The fourth-order valence-electron chi connectivity index (χ4n) is 2.66. The lowest BCUT2D eigenvalue weighted by Crippen LogP contribution is -2.51. The van der Waals surface area contributed by atoms with Crippen molar-refractivity contribution in [3.8, 4) is 6.07 Å². The van der Waals surface area contributed by atoms with Crippen molar-refractivity contribution in [1.29, 1.82) is 5.26 Å². The van der Waals surface area contributed by atoms with Gasteiger partial charge in [0.25, 0.3) is 0 Å². The summed E-state index contributed by atoms with van der Waals surface area (Å²) < 4.78 is 19.6. The molecule has 6 nitrogen and oxygen atoms in total. The molecular formula is C16H23FN4O2. The summed E-state index contributed by atoms with van der Waals surface area (Å²) >= 11 is 0. The molecule has 1 fully saturated rings. The van der Waals surface area contributed by atoms with E-state index < -0.39 is 11.4 Å². The van der Waals surface area contributed by atoms with E-state index in [4.69, 9.17) is 10.00 Å². The second-order valence-corrected chi connectivity index (χ2v) is 6.76. The van der Waals surface area contributed by atoms with Crippen LogP contribution in [0.15, 0.2) is 23.3 Å². The molecule has 23 heavy (non-hydrogen) atoms. The van der Waals surface area contributed by atoms with Crippen LogP contribution in [-0.4, -0.2) is 66.2 Å². The van der Waals surface area contributed by atoms with Crippen LogP contribution in [0.25, 0.3) is 0 Å². The van der Waals surface area contributed by atoms with Gasteiger partial charge in [-0.3, -0.25) is 0 Å². The van der Waals surface area contributed by atoms with E-state index in [1.54, 1.807) is 16.8 Å². The zero-order valence-electron chi connectivity index (χ0n) is 14.1. The Morgan fingerprint density at radius 2 is 1.91 bits per heavy atom. The zero-order valence-corrected chi connectivity index (χ0v) is 14.1. The van der Waals surface area contributed by atoms with Crippen molar-refractivity contribution >= 4 is 6.09 Å². The summed E-state index contributed by atoms with van der Waals surface area (Å²) in [4.78, 5) is 17.3. The van der Waals surface area contributed by atoms with Gasteiger partial charge < -0.3 is 19.4 Å². The molecule has 0 radical (unpaired) electrons. The fourth-order valence-corrected chi connectivity index (χ4v) is 2.66. The highest BCUT2D eigenvalue weighted by Crippen LogP contribution is 2.25.